The molecule has 102 valence electrons. The largest absolute Gasteiger partial charge is 0.494 e. The molecule has 1 rings (SSSR count). The lowest BCUT2D eigenvalue weighted by atomic mass is 10.2. The van der Waals surface area contributed by atoms with Crippen LogP contribution in [0.25, 0.3) is 0 Å². The van der Waals surface area contributed by atoms with Crippen molar-refractivity contribution in [2.75, 3.05) is 0 Å². The van der Waals surface area contributed by atoms with Gasteiger partial charge in [0.15, 0.2) is 0 Å². The van der Waals surface area contributed by atoms with Crippen molar-refractivity contribution in [3.63, 3.8) is 0 Å². The average Bonchev–Trinajstić information content (AvgIpc) is 2.17. The van der Waals surface area contributed by atoms with Crippen LogP contribution in [0.4, 0.5) is 0 Å². The fraction of sp³-hybridized carbons (Fsp3) is 0.500. The minimum atomic E-state index is -3.70. The van der Waals surface area contributed by atoms with Gasteiger partial charge in [-0.15, -0.1) is 0 Å². The number of rotatable bonds is 4. The molecule has 0 saturated carbocycles. The molecular weight excluding hydrogens is 266 g/mol. The highest BCUT2D eigenvalue weighted by Gasteiger charge is 2.25. The predicted octanol–water partition coefficient (Wildman–Crippen LogP) is 2.29. The summed E-state index contributed by atoms with van der Waals surface area (Å²) in [5.41, 5.74) is 0.678. The normalized spacial score (nSPS) is 14.3. The molecule has 0 aromatic heterocycles. The molecule has 0 spiro atoms. The van der Waals surface area contributed by atoms with Crippen molar-refractivity contribution < 1.29 is 13.2 Å². The molecule has 0 radical (unpaired) electrons. The third-order valence-electron chi connectivity index (χ3n) is 3.06. The van der Waals surface area contributed by atoms with Crippen LogP contribution >= 0.6 is 0 Å². The van der Waals surface area contributed by atoms with Crippen LogP contribution in [-0.2, 0) is 10.0 Å². The smallest absolute Gasteiger partial charge is 0.238 e. The number of nitrogens with two attached hydrogens (primary N) is 1. The van der Waals surface area contributed by atoms with E-state index in [-0.39, 0.29) is 10.6 Å². The summed E-state index contributed by atoms with van der Waals surface area (Å²) in [7, 11) is -5.13. The number of sulfonamides is 1. The van der Waals surface area contributed by atoms with E-state index < -0.39 is 18.1 Å². The fourth-order valence-corrected chi connectivity index (χ4v) is 2.67. The third-order valence-corrected chi connectivity index (χ3v) is 6.68. The molecule has 0 saturated heterocycles. The predicted molar refractivity (Wildman–Crippen MR) is 76.0 cm³/mol. The van der Waals surface area contributed by atoms with Gasteiger partial charge < -0.3 is 4.74 Å². The Labute approximate surface area is 110 Å². The van der Waals surface area contributed by atoms with Crippen molar-refractivity contribution in [1.82, 2.24) is 0 Å². The first-order chi connectivity index (χ1) is 8.03. The molecule has 0 bridgehead atoms. The summed E-state index contributed by atoms with van der Waals surface area (Å²) in [6.45, 7) is 10.4. The molecule has 4 nitrogen and oxygen atoms in total. The fourth-order valence-electron chi connectivity index (χ4n) is 1.40. The average molecular weight is 287 g/mol. The van der Waals surface area contributed by atoms with Crippen molar-refractivity contribution in [2.45, 2.75) is 44.1 Å². The third kappa shape index (κ3) is 3.57. The molecule has 6 heteroatoms. The molecule has 0 aliphatic rings. The quantitative estimate of drug-likeness (QED) is 0.864. The van der Waals surface area contributed by atoms with E-state index in [1.54, 1.807) is 19.1 Å². The van der Waals surface area contributed by atoms with Crippen LogP contribution in [0, 0.1) is 6.92 Å². The van der Waals surface area contributed by atoms with Gasteiger partial charge >= 0.3 is 0 Å². The Morgan fingerprint density at radius 1 is 1.28 bits per heavy atom. The van der Waals surface area contributed by atoms with Crippen LogP contribution in [-0.4, -0.2) is 22.2 Å². The van der Waals surface area contributed by atoms with Crippen molar-refractivity contribution in [3.05, 3.63) is 23.8 Å². The molecule has 2 N–H and O–H groups in total. The van der Waals surface area contributed by atoms with Gasteiger partial charge in [0.1, 0.15) is 5.75 Å². The van der Waals surface area contributed by atoms with Crippen LogP contribution in [0.2, 0.25) is 19.6 Å². The van der Waals surface area contributed by atoms with Gasteiger partial charge in [-0.1, -0.05) is 25.7 Å². The summed E-state index contributed by atoms with van der Waals surface area (Å²) in [6, 6.07) is 4.93. The molecule has 0 heterocycles. The lowest BCUT2D eigenvalue weighted by Gasteiger charge is -2.27. The van der Waals surface area contributed by atoms with E-state index >= 15 is 0 Å². The summed E-state index contributed by atoms with van der Waals surface area (Å²) >= 11 is 0. The van der Waals surface area contributed by atoms with Gasteiger partial charge in [0.2, 0.25) is 10.0 Å². The topological polar surface area (TPSA) is 69.4 Å². The van der Waals surface area contributed by atoms with Crippen molar-refractivity contribution in [2.24, 2.45) is 5.14 Å². The molecule has 0 aliphatic heterocycles. The maximum absolute atomic E-state index is 11.4. The molecule has 1 aromatic carbocycles. The zero-order valence-corrected chi connectivity index (χ0v) is 13.3. The highest BCUT2D eigenvalue weighted by molar-refractivity contribution is 7.89. The second-order valence-electron chi connectivity index (χ2n) is 5.55. The first-order valence-corrected chi connectivity index (χ1v) is 10.9. The molecular formula is C12H21NO3SSi. The Kier molecular flexibility index (Phi) is 4.25. The summed E-state index contributed by atoms with van der Waals surface area (Å²) in [5.74, 6) is 0.594. The maximum Gasteiger partial charge on any atom is 0.238 e. The van der Waals surface area contributed by atoms with Gasteiger partial charge in [0.05, 0.1) is 18.7 Å². The molecule has 0 fully saturated rings. The highest BCUT2D eigenvalue weighted by atomic mass is 32.2. The van der Waals surface area contributed by atoms with Crippen LogP contribution in [0.3, 0.4) is 0 Å². The van der Waals surface area contributed by atoms with Gasteiger partial charge in [-0.25, -0.2) is 13.6 Å². The van der Waals surface area contributed by atoms with Crippen LogP contribution in [0.5, 0.6) is 5.75 Å². The Morgan fingerprint density at radius 2 is 1.83 bits per heavy atom. The summed E-state index contributed by atoms with van der Waals surface area (Å²) in [4.78, 5) is 0.128. The van der Waals surface area contributed by atoms with Gasteiger partial charge in [-0.3, -0.25) is 0 Å². The Morgan fingerprint density at radius 3 is 2.28 bits per heavy atom. The monoisotopic (exact) mass is 287 g/mol. The van der Waals surface area contributed by atoms with Gasteiger partial charge in [-0.05, 0) is 26.0 Å². The lowest BCUT2D eigenvalue weighted by Crippen LogP contribution is -2.40. The van der Waals surface area contributed by atoms with E-state index in [4.69, 9.17) is 9.88 Å². The van der Waals surface area contributed by atoms with Crippen molar-refractivity contribution in [3.8, 4) is 5.75 Å². The second kappa shape index (κ2) is 5.03. The first kappa shape index (κ1) is 15.2. The van der Waals surface area contributed by atoms with Gasteiger partial charge in [-0.2, -0.15) is 0 Å². The molecule has 0 aliphatic carbocycles. The highest BCUT2D eigenvalue weighted by Crippen LogP contribution is 2.26. The number of ether oxygens (including phenoxy) is 1. The second-order valence-corrected chi connectivity index (χ2v) is 12.6. The minimum absolute atomic E-state index is 0.104. The molecule has 1 aromatic rings. The Balaban J connectivity index is 3.14. The van der Waals surface area contributed by atoms with E-state index in [1.807, 2.05) is 6.92 Å². The number of primary sulfonamides is 1. The van der Waals surface area contributed by atoms with E-state index in [1.165, 1.54) is 6.07 Å². The Hall–Kier alpha value is -0.853. The van der Waals surface area contributed by atoms with E-state index in [9.17, 15) is 8.42 Å². The standard InChI is InChI=1S/C12H21NO3SSi/c1-9-11(16-10(2)18(3,4)5)7-6-8-12(9)17(13,14)15/h6-8,10H,1-5H3,(H2,13,14,15). The molecule has 0 amide bonds. The van der Waals surface area contributed by atoms with E-state index in [0.717, 1.165) is 0 Å². The molecule has 18 heavy (non-hydrogen) atoms. The number of hydrogen-bond donors (Lipinski definition) is 1. The number of hydrogen-bond acceptors (Lipinski definition) is 3. The SMILES string of the molecule is Cc1c(OC(C)[Si](C)(C)C)cccc1S(N)(=O)=O. The van der Waals surface area contributed by atoms with Gasteiger partial charge in [0.25, 0.3) is 0 Å². The number of benzene rings is 1. The summed E-state index contributed by atoms with van der Waals surface area (Å²) in [5, 5.41) is 5.17. The minimum Gasteiger partial charge on any atom is -0.494 e. The zero-order chi connectivity index (χ0) is 14.1. The van der Waals surface area contributed by atoms with Crippen LogP contribution in [0.15, 0.2) is 23.1 Å². The Bertz CT molecular complexity index is 535. The van der Waals surface area contributed by atoms with Crippen LogP contribution < -0.4 is 9.88 Å². The van der Waals surface area contributed by atoms with Crippen LogP contribution in [0.1, 0.15) is 12.5 Å². The summed E-state index contributed by atoms with van der Waals surface area (Å²) in [6.07, 6.45) is 0. The van der Waals surface area contributed by atoms with Crippen molar-refractivity contribution >= 4 is 18.1 Å². The lowest BCUT2D eigenvalue weighted by molar-refractivity contribution is 0.286. The van der Waals surface area contributed by atoms with Crippen molar-refractivity contribution in [1.29, 1.82) is 0 Å². The molecule has 1 unspecified atom stereocenters. The molecule has 1 atom stereocenters. The summed E-state index contributed by atoms with van der Waals surface area (Å²) < 4.78 is 28.7. The van der Waals surface area contributed by atoms with E-state index in [0.29, 0.717) is 11.3 Å². The maximum atomic E-state index is 11.4. The van der Waals surface area contributed by atoms with Gasteiger partial charge in [0, 0.05) is 5.56 Å². The first-order valence-electron chi connectivity index (χ1n) is 5.82. The zero-order valence-electron chi connectivity index (χ0n) is 11.5. The van der Waals surface area contributed by atoms with E-state index in [2.05, 4.69) is 19.6 Å².